The lowest BCUT2D eigenvalue weighted by Crippen LogP contribution is -2.15. The summed E-state index contributed by atoms with van der Waals surface area (Å²) in [6, 6.07) is 0.867. The fraction of sp³-hybridized carbons (Fsp3) is 0.583. The van der Waals surface area contributed by atoms with Crippen LogP contribution in [0.15, 0.2) is 18.9 Å². The predicted molar refractivity (Wildman–Crippen MR) is 66.9 cm³/mol. The molecule has 2 aromatic heterocycles. The molecule has 1 aliphatic rings. The van der Waals surface area contributed by atoms with E-state index in [-0.39, 0.29) is 6.04 Å². The van der Waals surface area contributed by atoms with Crippen LogP contribution < -0.4 is 5.32 Å². The third-order valence-corrected chi connectivity index (χ3v) is 3.37. The van der Waals surface area contributed by atoms with Crippen molar-refractivity contribution in [3.8, 4) is 0 Å². The molecule has 1 N–H and O–H groups in total. The highest BCUT2D eigenvalue weighted by atomic mass is 15.3. The van der Waals surface area contributed by atoms with Crippen LogP contribution in [-0.4, -0.2) is 30.4 Å². The number of hydrogen-bond acceptors (Lipinski definition) is 4. The smallest absolute Gasteiger partial charge is 0.155 e. The standard InChI is InChI=1S/C12H18N6/c1-9(12-16-15-8-17(12)2)18-6-11(14-7-18)5-13-10-3-4-10/h6-10,13H,3-5H2,1-2H3. The average molecular weight is 246 g/mol. The van der Waals surface area contributed by atoms with Crippen molar-refractivity contribution in [2.75, 3.05) is 0 Å². The fourth-order valence-corrected chi connectivity index (χ4v) is 2.02. The first-order chi connectivity index (χ1) is 8.74. The molecule has 1 fully saturated rings. The van der Waals surface area contributed by atoms with E-state index in [0.717, 1.165) is 18.1 Å². The van der Waals surface area contributed by atoms with E-state index < -0.39 is 0 Å². The molecule has 1 saturated carbocycles. The normalized spacial score (nSPS) is 17.0. The van der Waals surface area contributed by atoms with Gasteiger partial charge in [0.15, 0.2) is 5.82 Å². The van der Waals surface area contributed by atoms with Crippen LogP contribution in [0.4, 0.5) is 0 Å². The third-order valence-electron chi connectivity index (χ3n) is 3.37. The lowest BCUT2D eigenvalue weighted by atomic mass is 10.3. The van der Waals surface area contributed by atoms with Crippen molar-refractivity contribution < 1.29 is 0 Å². The van der Waals surface area contributed by atoms with Crippen LogP contribution in [-0.2, 0) is 13.6 Å². The summed E-state index contributed by atoms with van der Waals surface area (Å²) >= 11 is 0. The second-order valence-electron chi connectivity index (χ2n) is 4.94. The quantitative estimate of drug-likeness (QED) is 0.850. The number of aryl methyl sites for hydroxylation is 1. The lowest BCUT2D eigenvalue weighted by Gasteiger charge is -2.11. The van der Waals surface area contributed by atoms with E-state index in [2.05, 4.69) is 38.2 Å². The van der Waals surface area contributed by atoms with E-state index in [0.29, 0.717) is 6.04 Å². The maximum absolute atomic E-state index is 4.42. The molecule has 2 aromatic rings. The van der Waals surface area contributed by atoms with Crippen LogP contribution in [0.25, 0.3) is 0 Å². The summed E-state index contributed by atoms with van der Waals surface area (Å²) < 4.78 is 4.01. The van der Waals surface area contributed by atoms with Gasteiger partial charge in [-0.3, -0.25) is 0 Å². The molecule has 0 radical (unpaired) electrons. The number of aromatic nitrogens is 5. The Bertz CT molecular complexity index is 524. The molecule has 0 amide bonds. The van der Waals surface area contributed by atoms with Gasteiger partial charge in [0.25, 0.3) is 0 Å². The minimum atomic E-state index is 0.152. The number of nitrogens with zero attached hydrogens (tertiary/aromatic N) is 5. The van der Waals surface area contributed by atoms with Gasteiger partial charge in [-0.25, -0.2) is 4.98 Å². The van der Waals surface area contributed by atoms with E-state index in [1.54, 1.807) is 6.33 Å². The van der Waals surface area contributed by atoms with Crippen LogP contribution >= 0.6 is 0 Å². The summed E-state index contributed by atoms with van der Waals surface area (Å²) in [7, 11) is 1.96. The summed E-state index contributed by atoms with van der Waals surface area (Å²) in [5, 5.41) is 11.5. The first kappa shape index (κ1) is 11.4. The van der Waals surface area contributed by atoms with E-state index in [1.165, 1.54) is 12.8 Å². The maximum Gasteiger partial charge on any atom is 0.155 e. The van der Waals surface area contributed by atoms with Gasteiger partial charge in [0.05, 0.1) is 18.1 Å². The number of nitrogens with one attached hydrogen (secondary N) is 1. The third kappa shape index (κ3) is 2.28. The molecule has 6 heteroatoms. The SMILES string of the molecule is CC(c1nncn1C)n1cnc(CNC2CC2)c1. The molecule has 1 aliphatic carbocycles. The Morgan fingerprint density at radius 1 is 1.44 bits per heavy atom. The molecule has 2 heterocycles. The average Bonchev–Trinajstić information content (AvgIpc) is 2.90. The van der Waals surface area contributed by atoms with Crippen LogP contribution in [0.2, 0.25) is 0 Å². The topological polar surface area (TPSA) is 60.6 Å². The zero-order valence-electron chi connectivity index (χ0n) is 10.7. The molecule has 3 rings (SSSR count). The van der Waals surface area contributed by atoms with Crippen LogP contribution in [0.3, 0.4) is 0 Å². The van der Waals surface area contributed by atoms with E-state index in [1.807, 2.05) is 17.9 Å². The van der Waals surface area contributed by atoms with E-state index in [4.69, 9.17) is 0 Å². The molecule has 0 aromatic carbocycles. The highest BCUT2D eigenvalue weighted by Crippen LogP contribution is 2.19. The molecular weight excluding hydrogens is 228 g/mol. The Morgan fingerprint density at radius 3 is 2.94 bits per heavy atom. The highest BCUT2D eigenvalue weighted by molar-refractivity contribution is 5.03. The van der Waals surface area contributed by atoms with Gasteiger partial charge in [-0.1, -0.05) is 0 Å². The van der Waals surface area contributed by atoms with Crippen molar-refractivity contribution in [1.29, 1.82) is 0 Å². The van der Waals surface area contributed by atoms with Gasteiger partial charge in [-0.05, 0) is 19.8 Å². The Balaban J connectivity index is 1.69. The molecule has 0 saturated heterocycles. The van der Waals surface area contributed by atoms with E-state index in [9.17, 15) is 0 Å². The second kappa shape index (κ2) is 4.53. The van der Waals surface area contributed by atoms with Gasteiger partial charge in [-0.2, -0.15) is 0 Å². The Labute approximate surface area is 106 Å². The summed E-state index contributed by atoms with van der Waals surface area (Å²) in [4.78, 5) is 4.42. The molecule has 18 heavy (non-hydrogen) atoms. The Kier molecular flexibility index (Phi) is 2.87. The Hall–Kier alpha value is -1.69. The molecule has 1 unspecified atom stereocenters. The summed E-state index contributed by atoms with van der Waals surface area (Å²) in [6.07, 6.45) is 8.27. The van der Waals surface area contributed by atoms with Crippen molar-refractivity contribution in [2.24, 2.45) is 7.05 Å². The first-order valence-corrected chi connectivity index (χ1v) is 6.33. The van der Waals surface area contributed by atoms with Gasteiger partial charge < -0.3 is 14.5 Å². The van der Waals surface area contributed by atoms with Crippen molar-refractivity contribution in [3.63, 3.8) is 0 Å². The molecule has 0 aliphatic heterocycles. The molecule has 6 nitrogen and oxygen atoms in total. The summed E-state index contributed by atoms with van der Waals surface area (Å²) in [5.74, 6) is 0.939. The van der Waals surface area contributed by atoms with Gasteiger partial charge in [-0.15, -0.1) is 10.2 Å². The monoisotopic (exact) mass is 246 g/mol. The van der Waals surface area contributed by atoms with Crippen molar-refractivity contribution >= 4 is 0 Å². The molecule has 1 atom stereocenters. The predicted octanol–water partition coefficient (Wildman–Crippen LogP) is 0.873. The highest BCUT2D eigenvalue weighted by Gasteiger charge is 2.20. The fourth-order valence-electron chi connectivity index (χ4n) is 2.02. The summed E-state index contributed by atoms with van der Waals surface area (Å²) in [6.45, 7) is 2.95. The largest absolute Gasteiger partial charge is 0.327 e. The number of rotatable bonds is 5. The van der Waals surface area contributed by atoms with Gasteiger partial charge in [0.1, 0.15) is 6.33 Å². The molecule has 0 spiro atoms. The van der Waals surface area contributed by atoms with Crippen LogP contribution in [0, 0.1) is 0 Å². The van der Waals surface area contributed by atoms with Crippen LogP contribution in [0.5, 0.6) is 0 Å². The van der Waals surface area contributed by atoms with Gasteiger partial charge >= 0.3 is 0 Å². The molecule has 96 valence electrons. The second-order valence-corrected chi connectivity index (χ2v) is 4.94. The van der Waals surface area contributed by atoms with Crippen molar-refractivity contribution in [2.45, 2.75) is 38.4 Å². The zero-order chi connectivity index (χ0) is 12.5. The first-order valence-electron chi connectivity index (χ1n) is 6.33. The lowest BCUT2D eigenvalue weighted by molar-refractivity contribution is 0.572. The van der Waals surface area contributed by atoms with Gasteiger partial charge in [0.2, 0.25) is 0 Å². The maximum atomic E-state index is 4.42. The minimum absolute atomic E-state index is 0.152. The van der Waals surface area contributed by atoms with Crippen LogP contribution in [0.1, 0.15) is 37.3 Å². The number of hydrogen-bond donors (Lipinski definition) is 1. The Morgan fingerprint density at radius 2 is 2.28 bits per heavy atom. The number of imidazole rings is 1. The zero-order valence-corrected chi connectivity index (χ0v) is 10.7. The molecular formula is C12H18N6. The van der Waals surface area contributed by atoms with E-state index >= 15 is 0 Å². The summed E-state index contributed by atoms with van der Waals surface area (Å²) in [5.41, 5.74) is 1.08. The minimum Gasteiger partial charge on any atom is -0.327 e. The van der Waals surface area contributed by atoms with Crippen molar-refractivity contribution in [1.82, 2.24) is 29.6 Å². The molecule has 0 bridgehead atoms. The van der Waals surface area contributed by atoms with Crippen molar-refractivity contribution in [3.05, 3.63) is 30.4 Å². The van der Waals surface area contributed by atoms with Gasteiger partial charge in [0, 0.05) is 25.8 Å².